The normalized spacial score (nSPS) is 19.2. The van der Waals surface area contributed by atoms with Crippen LogP contribution >= 0.6 is 0 Å². The van der Waals surface area contributed by atoms with Crippen LogP contribution in [0.2, 0.25) is 0 Å². The highest BCUT2D eigenvalue weighted by molar-refractivity contribution is 5.68. The number of hydrogen-bond donors (Lipinski definition) is 0. The first-order chi connectivity index (χ1) is 9.96. The molecule has 0 bridgehead atoms. The van der Waals surface area contributed by atoms with Gasteiger partial charge in [-0.3, -0.25) is 4.98 Å². The number of amides is 1. The topological polar surface area (TPSA) is 51.7 Å². The van der Waals surface area contributed by atoms with Gasteiger partial charge in [0.15, 0.2) is 0 Å². The van der Waals surface area contributed by atoms with Gasteiger partial charge in [-0.05, 0) is 52.2 Å². The van der Waals surface area contributed by atoms with Crippen molar-refractivity contribution in [3.8, 4) is 5.75 Å². The maximum atomic E-state index is 12.3. The number of carbonyl (C=O) groups is 1. The highest BCUT2D eigenvalue weighted by atomic mass is 16.6. The molecule has 5 nitrogen and oxygen atoms in total. The third-order valence-corrected chi connectivity index (χ3v) is 3.35. The lowest BCUT2D eigenvalue weighted by molar-refractivity contribution is 0.00360. The predicted octanol–water partition coefficient (Wildman–Crippen LogP) is 3.25. The van der Waals surface area contributed by atoms with E-state index in [4.69, 9.17) is 9.47 Å². The number of ether oxygens (including phenoxy) is 2. The molecule has 0 spiro atoms. The summed E-state index contributed by atoms with van der Waals surface area (Å²) in [6.45, 7) is 6.88. The van der Waals surface area contributed by atoms with E-state index in [0.717, 1.165) is 31.6 Å². The van der Waals surface area contributed by atoms with E-state index in [1.807, 2.05) is 32.9 Å². The van der Waals surface area contributed by atoms with Crippen LogP contribution in [-0.4, -0.2) is 40.8 Å². The fourth-order valence-corrected chi connectivity index (χ4v) is 2.36. The molecule has 0 aliphatic carbocycles. The van der Waals surface area contributed by atoms with Crippen LogP contribution in [0.1, 0.15) is 40.0 Å². The summed E-state index contributed by atoms with van der Waals surface area (Å²) in [4.78, 5) is 18.0. The van der Waals surface area contributed by atoms with Gasteiger partial charge in [0.2, 0.25) is 0 Å². The van der Waals surface area contributed by atoms with Crippen molar-refractivity contribution in [2.24, 2.45) is 0 Å². The van der Waals surface area contributed by atoms with Crippen molar-refractivity contribution < 1.29 is 14.3 Å². The molecule has 1 saturated heterocycles. The van der Waals surface area contributed by atoms with Gasteiger partial charge in [0, 0.05) is 18.9 Å². The molecular weight excluding hydrogens is 268 g/mol. The van der Waals surface area contributed by atoms with Crippen molar-refractivity contribution in [1.82, 2.24) is 9.88 Å². The van der Waals surface area contributed by atoms with Crippen LogP contribution in [0, 0.1) is 0 Å². The van der Waals surface area contributed by atoms with E-state index in [1.165, 1.54) is 0 Å². The molecule has 116 valence electrons. The summed E-state index contributed by atoms with van der Waals surface area (Å²) in [5.74, 6) is 0.778. The average Bonchev–Trinajstić information content (AvgIpc) is 2.45. The van der Waals surface area contributed by atoms with Gasteiger partial charge < -0.3 is 14.4 Å². The summed E-state index contributed by atoms with van der Waals surface area (Å²) < 4.78 is 11.2. The second kappa shape index (κ2) is 6.78. The van der Waals surface area contributed by atoms with E-state index in [0.29, 0.717) is 6.61 Å². The van der Waals surface area contributed by atoms with Crippen LogP contribution in [-0.2, 0) is 4.74 Å². The van der Waals surface area contributed by atoms with Crippen molar-refractivity contribution in [3.63, 3.8) is 0 Å². The lowest BCUT2D eigenvalue weighted by Crippen LogP contribution is -2.48. The Balaban J connectivity index is 1.94. The monoisotopic (exact) mass is 292 g/mol. The van der Waals surface area contributed by atoms with Crippen LogP contribution in [0.4, 0.5) is 4.79 Å². The number of likely N-dealkylation sites (tertiary alicyclic amines) is 1. The van der Waals surface area contributed by atoms with E-state index in [9.17, 15) is 4.79 Å². The van der Waals surface area contributed by atoms with Gasteiger partial charge in [0.25, 0.3) is 0 Å². The molecule has 0 radical (unpaired) electrons. The number of rotatable bonds is 3. The Labute approximate surface area is 126 Å². The highest BCUT2D eigenvalue weighted by Crippen LogP contribution is 2.21. The molecule has 1 unspecified atom stereocenters. The zero-order chi connectivity index (χ0) is 15.3. The Morgan fingerprint density at radius 3 is 2.71 bits per heavy atom. The molecule has 1 amide bonds. The van der Waals surface area contributed by atoms with E-state index in [1.54, 1.807) is 17.3 Å². The summed E-state index contributed by atoms with van der Waals surface area (Å²) in [5, 5.41) is 0. The summed E-state index contributed by atoms with van der Waals surface area (Å²) in [5.41, 5.74) is -0.467. The van der Waals surface area contributed by atoms with E-state index < -0.39 is 5.60 Å². The Hall–Kier alpha value is -1.78. The van der Waals surface area contributed by atoms with Gasteiger partial charge in [-0.15, -0.1) is 0 Å². The second-order valence-electron chi connectivity index (χ2n) is 6.32. The first-order valence-corrected chi connectivity index (χ1v) is 7.48. The predicted molar refractivity (Wildman–Crippen MR) is 80.3 cm³/mol. The van der Waals surface area contributed by atoms with Gasteiger partial charge in [0.05, 0.1) is 6.04 Å². The van der Waals surface area contributed by atoms with Crippen LogP contribution in [0.3, 0.4) is 0 Å². The molecule has 2 rings (SSSR count). The molecule has 1 atom stereocenters. The number of pyridine rings is 1. The van der Waals surface area contributed by atoms with E-state index in [-0.39, 0.29) is 12.1 Å². The summed E-state index contributed by atoms with van der Waals surface area (Å²) in [6, 6.07) is 3.71. The average molecular weight is 292 g/mol. The summed E-state index contributed by atoms with van der Waals surface area (Å²) in [7, 11) is 0. The molecule has 1 fully saturated rings. The fraction of sp³-hybridized carbons (Fsp3) is 0.625. The maximum absolute atomic E-state index is 12.3. The molecule has 0 aromatic carbocycles. The molecule has 1 aromatic heterocycles. The van der Waals surface area contributed by atoms with Crippen LogP contribution in [0.15, 0.2) is 24.5 Å². The molecule has 21 heavy (non-hydrogen) atoms. The van der Waals surface area contributed by atoms with Gasteiger partial charge in [-0.2, -0.15) is 0 Å². The number of nitrogens with zero attached hydrogens (tertiary/aromatic N) is 2. The summed E-state index contributed by atoms with van der Waals surface area (Å²) in [6.07, 6.45) is 6.23. The number of carbonyl (C=O) groups excluding carboxylic acids is 1. The van der Waals surface area contributed by atoms with Crippen molar-refractivity contribution in [3.05, 3.63) is 24.5 Å². The zero-order valence-electron chi connectivity index (χ0n) is 13.0. The van der Waals surface area contributed by atoms with Crippen molar-refractivity contribution >= 4 is 6.09 Å². The lowest BCUT2D eigenvalue weighted by Gasteiger charge is -2.36. The van der Waals surface area contributed by atoms with Gasteiger partial charge >= 0.3 is 6.09 Å². The Kier molecular flexibility index (Phi) is 5.04. The molecule has 2 heterocycles. The Morgan fingerprint density at radius 2 is 2.05 bits per heavy atom. The molecule has 5 heteroatoms. The number of piperidine rings is 1. The van der Waals surface area contributed by atoms with Gasteiger partial charge in [-0.25, -0.2) is 4.79 Å². The van der Waals surface area contributed by atoms with Gasteiger partial charge in [0.1, 0.15) is 18.0 Å². The molecule has 0 saturated carbocycles. The fourth-order valence-electron chi connectivity index (χ4n) is 2.36. The Bertz CT molecular complexity index is 456. The molecule has 1 aliphatic heterocycles. The minimum atomic E-state index is -0.467. The van der Waals surface area contributed by atoms with Crippen LogP contribution in [0.5, 0.6) is 5.75 Å². The summed E-state index contributed by atoms with van der Waals surface area (Å²) >= 11 is 0. The SMILES string of the molecule is CC(C)(C)OC(=O)N1CCCCC1COc1ccncc1. The van der Waals surface area contributed by atoms with Crippen LogP contribution < -0.4 is 4.74 Å². The highest BCUT2D eigenvalue weighted by Gasteiger charge is 2.30. The molecule has 1 aliphatic rings. The minimum absolute atomic E-state index is 0.0711. The second-order valence-corrected chi connectivity index (χ2v) is 6.32. The third-order valence-electron chi connectivity index (χ3n) is 3.35. The molecule has 1 aromatic rings. The van der Waals surface area contributed by atoms with Gasteiger partial charge in [-0.1, -0.05) is 0 Å². The van der Waals surface area contributed by atoms with E-state index in [2.05, 4.69) is 4.98 Å². The van der Waals surface area contributed by atoms with E-state index >= 15 is 0 Å². The number of hydrogen-bond acceptors (Lipinski definition) is 4. The minimum Gasteiger partial charge on any atom is -0.491 e. The Morgan fingerprint density at radius 1 is 1.33 bits per heavy atom. The number of aromatic nitrogens is 1. The van der Waals surface area contributed by atoms with Crippen molar-refractivity contribution in [2.75, 3.05) is 13.2 Å². The van der Waals surface area contributed by atoms with Crippen molar-refractivity contribution in [2.45, 2.75) is 51.7 Å². The maximum Gasteiger partial charge on any atom is 0.410 e. The lowest BCUT2D eigenvalue weighted by atomic mass is 10.0. The zero-order valence-corrected chi connectivity index (χ0v) is 13.0. The first-order valence-electron chi connectivity index (χ1n) is 7.48. The quantitative estimate of drug-likeness (QED) is 0.858. The third kappa shape index (κ3) is 4.92. The standard InChI is InChI=1S/C16H24N2O3/c1-16(2,3)21-15(19)18-11-5-4-6-13(18)12-20-14-7-9-17-10-8-14/h7-10,13H,4-6,11-12H2,1-3H3. The smallest absolute Gasteiger partial charge is 0.410 e. The molecular formula is C16H24N2O3. The first kappa shape index (κ1) is 15.6. The van der Waals surface area contributed by atoms with Crippen LogP contribution in [0.25, 0.3) is 0 Å². The largest absolute Gasteiger partial charge is 0.491 e. The van der Waals surface area contributed by atoms with Crippen molar-refractivity contribution in [1.29, 1.82) is 0 Å². The molecule has 0 N–H and O–H groups in total.